The van der Waals surface area contributed by atoms with Gasteiger partial charge in [-0.2, -0.15) is 0 Å². The van der Waals surface area contributed by atoms with Crippen molar-refractivity contribution in [1.29, 1.82) is 0 Å². The lowest BCUT2D eigenvalue weighted by Crippen LogP contribution is -2.53. The topological polar surface area (TPSA) is 69.7 Å². The fourth-order valence-electron chi connectivity index (χ4n) is 3.50. The summed E-state index contributed by atoms with van der Waals surface area (Å²) in [5.41, 5.74) is 1.37. The second-order valence-corrected chi connectivity index (χ2v) is 6.87. The van der Waals surface area contributed by atoms with Crippen LogP contribution in [0.25, 0.3) is 0 Å². The van der Waals surface area contributed by atoms with Crippen molar-refractivity contribution in [1.82, 2.24) is 15.1 Å². The molecule has 0 saturated carbocycles. The average molecular weight is 343 g/mol. The van der Waals surface area contributed by atoms with Crippen molar-refractivity contribution in [3.8, 4) is 0 Å². The molecular formula is C19H25N3O3. The first-order valence-corrected chi connectivity index (χ1v) is 9.02. The van der Waals surface area contributed by atoms with E-state index in [9.17, 15) is 14.4 Å². The zero-order chi connectivity index (χ0) is 17.6. The predicted octanol–water partition coefficient (Wildman–Crippen LogP) is 1.80. The third-order valence-electron chi connectivity index (χ3n) is 5.12. The van der Waals surface area contributed by atoms with Gasteiger partial charge in [0.2, 0.25) is 11.8 Å². The van der Waals surface area contributed by atoms with Gasteiger partial charge in [0.1, 0.15) is 6.54 Å². The highest BCUT2D eigenvalue weighted by atomic mass is 16.2. The molecule has 2 heterocycles. The van der Waals surface area contributed by atoms with Gasteiger partial charge in [-0.15, -0.1) is 0 Å². The number of imide groups is 1. The zero-order valence-electron chi connectivity index (χ0n) is 14.4. The van der Waals surface area contributed by atoms with E-state index in [0.717, 1.165) is 38.8 Å². The molecule has 2 aliphatic heterocycles. The minimum absolute atomic E-state index is 0.0222. The quantitative estimate of drug-likeness (QED) is 0.886. The minimum atomic E-state index is -0.456. The number of hydrogen-bond acceptors (Lipinski definition) is 3. The van der Waals surface area contributed by atoms with Gasteiger partial charge in [0, 0.05) is 26.1 Å². The van der Waals surface area contributed by atoms with Gasteiger partial charge < -0.3 is 9.80 Å². The highest BCUT2D eigenvalue weighted by molar-refractivity contribution is 5.98. The van der Waals surface area contributed by atoms with E-state index in [1.807, 2.05) is 11.0 Å². The Morgan fingerprint density at radius 1 is 1.08 bits per heavy atom. The summed E-state index contributed by atoms with van der Waals surface area (Å²) < 4.78 is 0. The predicted molar refractivity (Wildman–Crippen MR) is 93.8 cm³/mol. The normalized spacial score (nSPS) is 19.0. The molecule has 1 aromatic carbocycles. The van der Waals surface area contributed by atoms with Crippen LogP contribution in [0.15, 0.2) is 30.3 Å². The summed E-state index contributed by atoms with van der Waals surface area (Å²) in [5.74, 6) is 0.360. The number of piperidine rings is 1. The van der Waals surface area contributed by atoms with E-state index >= 15 is 0 Å². The molecular weight excluding hydrogens is 318 g/mol. The second-order valence-electron chi connectivity index (χ2n) is 6.87. The van der Waals surface area contributed by atoms with Crippen LogP contribution >= 0.6 is 0 Å². The number of hydrogen-bond donors (Lipinski definition) is 1. The first-order valence-electron chi connectivity index (χ1n) is 9.02. The molecule has 6 heteroatoms. The Morgan fingerprint density at radius 2 is 1.80 bits per heavy atom. The number of nitrogens with zero attached hydrogens (tertiary/aromatic N) is 2. The molecule has 134 valence electrons. The van der Waals surface area contributed by atoms with Gasteiger partial charge in [-0.25, -0.2) is 4.79 Å². The Hall–Kier alpha value is -2.37. The van der Waals surface area contributed by atoms with Crippen LogP contribution in [0.1, 0.15) is 31.2 Å². The van der Waals surface area contributed by atoms with Crippen molar-refractivity contribution >= 4 is 17.8 Å². The van der Waals surface area contributed by atoms with Crippen LogP contribution in [0.5, 0.6) is 0 Å². The summed E-state index contributed by atoms with van der Waals surface area (Å²) in [6.45, 7) is 1.90. The Balaban J connectivity index is 1.40. The summed E-state index contributed by atoms with van der Waals surface area (Å²) in [6.07, 6.45) is 4.54. The molecule has 0 radical (unpaired) electrons. The molecule has 6 nitrogen and oxygen atoms in total. The summed E-state index contributed by atoms with van der Waals surface area (Å²) in [7, 11) is 0. The van der Waals surface area contributed by atoms with Crippen LogP contribution in [0.4, 0.5) is 4.79 Å². The van der Waals surface area contributed by atoms with Crippen LogP contribution in [-0.4, -0.2) is 53.8 Å². The number of nitrogens with one attached hydrogen (secondary N) is 1. The van der Waals surface area contributed by atoms with E-state index in [1.54, 1.807) is 0 Å². The maximum absolute atomic E-state index is 12.4. The van der Waals surface area contributed by atoms with Gasteiger partial charge in [0.15, 0.2) is 0 Å². The number of benzene rings is 1. The summed E-state index contributed by atoms with van der Waals surface area (Å²) in [5, 5.41) is 2.25. The summed E-state index contributed by atoms with van der Waals surface area (Å²) >= 11 is 0. The molecule has 4 amide bonds. The Bertz CT molecular complexity index is 624. The largest absolute Gasteiger partial charge is 0.341 e. The molecule has 1 aromatic rings. The second kappa shape index (κ2) is 8.14. The highest BCUT2D eigenvalue weighted by Gasteiger charge is 2.28. The van der Waals surface area contributed by atoms with E-state index in [2.05, 4.69) is 29.6 Å². The van der Waals surface area contributed by atoms with Crippen LogP contribution in [0, 0.1) is 5.92 Å². The Labute approximate surface area is 148 Å². The maximum atomic E-state index is 12.4. The molecule has 0 spiro atoms. The van der Waals surface area contributed by atoms with Crippen LogP contribution in [0.2, 0.25) is 0 Å². The smallest absolute Gasteiger partial charge is 0.324 e. The van der Waals surface area contributed by atoms with E-state index in [-0.39, 0.29) is 24.8 Å². The number of aryl methyl sites for hydroxylation is 1. The number of rotatable bonds is 5. The Kier molecular flexibility index (Phi) is 5.68. The first-order chi connectivity index (χ1) is 12.1. The lowest BCUT2D eigenvalue weighted by Gasteiger charge is -2.34. The monoisotopic (exact) mass is 343 g/mol. The van der Waals surface area contributed by atoms with Gasteiger partial charge in [-0.1, -0.05) is 30.3 Å². The maximum Gasteiger partial charge on any atom is 0.324 e. The fraction of sp³-hybridized carbons (Fsp3) is 0.526. The number of carbonyl (C=O) groups is 3. The molecule has 1 N–H and O–H groups in total. The average Bonchev–Trinajstić information content (AvgIpc) is 2.63. The number of likely N-dealkylation sites (tertiary alicyclic amines) is 1. The molecule has 2 fully saturated rings. The Morgan fingerprint density at radius 3 is 2.48 bits per heavy atom. The van der Waals surface area contributed by atoms with E-state index in [0.29, 0.717) is 12.5 Å². The molecule has 2 aliphatic rings. The van der Waals surface area contributed by atoms with Crippen molar-refractivity contribution < 1.29 is 14.4 Å². The molecule has 0 aromatic heterocycles. The number of carbonyl (C=O) groups excluding carboxylic acids is 3. The lowest BCUT2D eigenvalue weighted by molar-refractivity contribution is -0.134. The minimum Gasteiger partial charge on any atom is -0.341 e. The molecule has 3 rings (SSSR count). The summed E-state index contributed by atoms with van der Waals surface area (Å²) in [6, 6.07) is 10.0. The third-order valence-corrected chi connectivity index (χ3v) is 5.12. The van der Waals surface area contributed by atoms with E-state index in [4.69, 9.17) is 0 Å². The van der Waals surface area contributed by atoms with Crippen LogP contribution in [-0.2, 0) is 16.0 Å². The SMILES string of the molecule is O=C1CCN(CC(=O)N2CCC(CCc3ccccc3)CC2)C(=O)N1. The molecule has 25 heavy (non-hydrogen) atoms. The molecule has 2 saturated heterocycles. The standard InChI is InChI=1S/C19H25N3O3/c23-17-10-13-22(19(25)20-17)14-18(24)21-11-8-16(9-12-21)7-6-15-4-2-1-3-5-15/h1-5,16H,6-14H2,(H,20,23,25). The van der Waals surface area contributed by atoms with Crippen molar-refractivity contribution in [3.05, 3.63) is 35.9 Å². The zero-order valence-corrected chi connectivity index (χ0v) is 14.4. The van der Waals surface area contributed by atoms with Crippen LogP contribution in [0.3, 0.4) is 0 Å². The summed E-state index contributed by atoms with van der Waals surface area (Å²) in [4.78, 5) is 38.5. The van der Waals surface area contributed by atoms with Gasteiger partial charge in [-0.05, 0) is 37.2 Å². The van der Waals surface area contributed by atoms with Crippen molar-refractivity contribution in [3.63, 3.8) is 0 Å². The van der Waals surface area contributed by atoms with Gasteiger partial charge in [0.25, 0.3) is 0 Å². The third kappa shape index (κ3) is 4.81. The van der Waals surface area contributed by atoms with E-state index in [1.165, 1.54) is 10.5 Å². The van der Waals surface area contributed by atoms with Crippen LogP contribution < -0.4 is 5.32 Å². The fourth-order valence-corrected chi connectivity index (χ4v) is 3.50. The van der Waals surface area contributed by atoms with Gasteiger partial charge in [-0.3, -0.25) is 14.9 Å². The van der Waals surface area contributed by atoms with Crippen molar-refractivity contribution in [2.45, 2.75) is 32.1 Å². The number of amides is 4. The van der Waals surface area contributed by atoms with E-state index < -0.39 is 6.03 Å². The molecule has 0 unspecified atom stereocenters. The number of urea groups is 1. The van der Waals surface area contributed by atoms with Crippen molar-refractivity contribution in [2.75, 3.05) is 26.2 Å². The van der Waals surface area contributed by atoms with Gasteiger partial charge in [0.05, 0.1) is 0 Å². The molecule has 0 atom stereocenters. The van der Waals surface area contributed by atoms with Gasteiger partial charge >= 0.3 is 6.03 Å². The molecule has 0 aliphatic carbocycles. The lowest BCUT2D eigenvalue weighted by atomic mass is 9.90. The van der Waals surface area contributed by atoms with Crippen molar-refractivity contribution in [2.24, 2.45) is 5.92 Å². The highest BCUT2D eigenvalue weighted by Crippen LogP contribution is 2.22. The first kappa shape index (κ1) is 17.5. The molecule has 0 bridgehead atoms.